The van der Waals surface area contributed by atoms with Gasteiger partial charge < -0.3 is 15.4 Å². The molecule has 1 aromatic rings. The highest BCUT2D eigenvalue weighted by Gasteiger charge is 2.24. The molecular formula is C12H12ClN3O3S. The Labute approximate surface area is 124 Å². The number of benzene rings is 1. The van der Waals surface area contributed by atoms with Gasteiger partial charge in [0.1, 0.15) is 5.75 Å². The van der Waals surface area contributed by atoms with E-state index in [2.05, 4.69) is 16.0 Å². The maximum atomic E-state index is 12.0. The van der Waals surface area contributed by atoms with Crippen LogP contribution in [0, 0.1) is 0 Å². The van der Waals surface area contributed by atoms with Crippen molar-refractivity contribution >= 4 is 46.6 Å². The molecule has 1 fully saturated rings. The van der Waals surface area contributed by atoms with Crippen molar-refractivity contribution in [3.63, 3.8) is 0 Å². The van der Waals surface area contributed by atoms with Crippen LogP contribution in [0.5, 0.6) is 5.75 Å². The smallest absolute Gasteiger partial charge is 0.262 e. The summed E-state index contributed by atoms with van der Waals surface area (Å²) in [5.74, 6) is 1.65. The van der Waals surface area contributed by atoms with Crippen LogP contribution in [0.15, 0.2) is 12.1 Å². The number of rotatable bonds is 2. The van der Waals surface area contributed by atoms with Crippen LogP contribution in [0.2, 0.25) is 5.02 Å². The zero-order valence-electron chi connectivity index (χ0n) is 10.4. The third-order valence-electron chi connectivity index (χ3n) is 2.99. The van der Waals surface area contributed by atoms with Crippen LogP contribution in [0.1, 0.15) is 0 Å². The van der Waals surface area contributed by atoms with Crippen LogP contribution in [-0.4, -0.2) is 36.1 Å². The first-order valence-electron chi connectivity index (χ1n) is 6.01. The molecule has 0 aliphatic carbocycles. The Bertz CT molecular complexity index is 575. The number of anilines is 2. The minimum Gasteiger partial charge on any atom is -0.482 e. The Morgan fingerprint density at radius 1 is 1.50 bits per heavy atom. The second-order valence-corrected chi connectivity index (χ2v) is 5.86. The van der Waals surface area contributed by atoms with E-state index >= 15 is 0 Å². The lowest BCUT2D eigenvalue weighted by Gasteiger charge is -2.20. The van der Waals surface area contributed by atoms with Gasteiger partial charge in [-0.3, -0.25) is 14.9 Å². The molecule has 0 spiro atoms. The summed E-state index contributed by atoms with van der Waals surface area (Å²) in [7, 11) is 0. The van der Waals surface area contributed by atoms with Gasteiger partial charge in [0.2, 0.25) is 5.91 Å². The van der Waals surface area contributed by atoms with Gasteiger partial charge in [-0.25, -0.2) is 0 Å². The highest BCUT2D eigenvalue weighted by molar-refractivity contribution is 7.99. The molecule has 20 heavy (non-hydrogen) atoms. The van der Waals surface area contributed by atoms with E-state index in [1.165, 1.54) is 0 Å². The van der Waals surface area contributed by atoms with E-state index in [1.807, 2.05) is 0 Å². The van der Waals surface area contributed by atoms with Crippen LogP contribution in [0.3, 0.4) is 0 Å². The summed E-state index contributed by atoms with van der Waals surface area (Å²) in [6.07, 6.45) is 0. The minimum absolute atomic E-state index is 0.0388. The molecule has 2 aliphatic rings. The fourth-order valence-electron chi connectivity index (χ4n) is 1.98. The summed E-state index contributed by atoms with van der Waals surface area (Å²) in [4.78, 5) is 23.2. The van der Waals surface area contributed by atoms with E-state index < -0.39 is 0 Å². The van der Waals surface area contributed by atoms with Gasteiger partial charge in [-0.2, -0.15) is 0 Å². The number of nitrogens with one attached hydrogen (secondary N) is 3. The first-order valence-corrected chi connectivity index (χ1v) is 7.55. The van der Waals surface area contributed by atoms with Crippen LogP contribution in [-0.2, 0) is 9.59 Å². The fraction of sp³-hybridized carbons (Fsp3) is 0.333. The number of thioether (sulfide) groups is 1. The Kier molecular flexibility index (Phi) is 3.73. The van der Waals surface area contributed by atoms with Gasteiger partial charge >= 0.3 is 0 Å². The molecule has 2 amide bonds. The van der Waals surface area contributed by atoms with Gasteiger partial charge in [-0.15, -0.1) is 11.8 Å². The predicted octanol–water partition coefficient (Wildman–Crippen LogP) is 1.27. The fourth-order valence-corrected chi connectivity index (χ4v) is 3.13. The van der Waals surface area contributed by atoms with E-state index in [0.717, 1.165) is 11.6 Å². The molecule has 1 aromatic carbocycles. The largest absolute Gasteiger partial charge is 0.482 e. The van der Waals surface area contributed by atoms with Crippen LogP contribution in [0.25, 0.3) is 0 Å². The van der Waals surface area contributed by atoms with Gasteiger partial charge in [-0.1, -0.05) is 11.6 Å². The molecule has 6 nitrogen and oxygen atoms in total. The third-order valence-corrected chi connectivity index (χ3v) is 4.25. The molecule has 3 N–H and O–H groups in total. The van der Waals surface area contributed by atoms with Crippen molar-refractivity contribution in [3.8, 4) is 5.75 Å². The van der Waals surface area contributed by atoms with Gasteiger partial charge in [0.05, 0.1) is 22.4 Å². The molecule has 3 rings (SSSR count). The molecular weight excluding hydrogens is 302 g/mol. The molecule has 8 heteroatoms. The highest BCUT2D eigenvalue weighted by Crippen LogP contribution is 2.36. The molecule has 106 valence electrons. The van der Waals surface area contributed by atoms with E-state index in [9.17, 15) is 9.59 Å². The maximum absolute atomic E-state index is 12.0. The molecule has 0 bridgehead atoms. The zero-order valence-corrected chi connectivity index (χ0v) is 11.9. The number of carbonyl (C=O) groups is 2. The highest BCUT2D eigenvalue weighted by atomic mass is 35.5. The number of halogens is 1. The van der Waals surface area contributed by atoms with Crippen molar-refractivity contribution in [2.24, 2.45) is 0 Å². The van der Waals surface area contributed by atoms with Crippen molar-refractivity contribution in [2.45, 2.75) is 6.04 Å². The van der Waals surface area contributed by atoms with E-state index in [-0.39, 0.29) is 24.5 Å². The lowest BCUT2D eigenvalue weighted by molar-refractivity contribution is -0.119. The Balaban J connectivity index is 1.79. The number of ether oxygens (including phenoxy) is 1. The lowest BCUT2D eigenvalue weighted by Crippen LogP contribution is -2.37. The first kappa shape index (κ1) is 13.5. The number of fused-ring (bicyclic) bond motifs is 1. The van der Waals surface area contributed by atoms with Gasteiger partial charge in [0, 0.05) is 17.7 Å². The molecule has 0 radical (unpaired) electrons. The van der Waals surface area contributed by atoms with E-state index in [0.29, 0.717) is 22.1 Å². The van der Waals surface area contributed by atoms with Crippen molar-refractivity contribution < 1.29 is 14.3 Å². The summed E-state index contributed by atoms with van der Waals surface area (Å²) >= 11 is 7.78. The van der Waals surface area contributed by atoms with Gasteiger partial charge in [0.15, 0.2) is 6.61 Å². The number of amides is 2. The summed E-state index contributed by atoms with van der Waals surface area (Å²) in [5.41, 5.74) is 0.990. The third kappa shape index (κ3) is 2.70. The minimum atomic E-state index is -0.225. The molecule has 2 aliphatic heterocycles. The van der Waals surface area contributed by atoms with Gasteiger partial charge in [-0.05, 0) is 6.07 Å². The van der Waals surface area contributed by atoms with Crippen LogP contribution < -0.4 is 20.7 Å². The average Bonchev–Trinajstić information content (AvgIpc) is 2.94. The topological polar surface area (TPSA) is 79.5 Å². The Hall–Kier alpha value is -1.44. The number of carbonyl (C=O) groups excluding carboxylic acids is 2. The summed E-state index contributed by atoms with van der Waals surface area (Å²) in [5, 5.41) is 8.87. The number of hydrogen-bond donors (Lipinski definition) is 3. The monoisotopic (exact) mass is 313 g/mol. The van der Waals surface area contributed by atoms with Gasteiger partial charge in [0.25, 0.3) is 5.91 Å². The molecule has 1 unspecified atom stereocenters. The second-order valence-electron chi connectivity index (χ2n) is 4.43. The first-order chi connectivity index (χ1) is 9.63. The van der Waals surface area contributed by atoms with Crippen molar-refractivity contribution in [3.05, 3.63) is 17.2 Å². The maximum Gasteiger partial charge on any atom is 0.262 e. The van der Waals surface area contributed by atoms with E-state index in [4.69, 9.17) is 16.3 Å². The average molecular weight is 314 g/mol. The molecule has 1 saturated heterocycles. The lowest BCUT2D eigenvalue weighted by atomic mass is 10.2. The standard InChI is InChI=1S/C12H12ClN3O3S/c13-6-1-8-10(19-3-11(17)15-8)2-7(6)16-12(18)9-4-20-5-14-9/h1-2,9,14H,3-5H2,(H,15,17)(H,16,18). The predicted molar refractivity (Wildman–Crippen MR) is 78.5 cm³/mol. The quantitative estimate of drug-likeness (QED) is 0.766. The van der Waals surface area contributed by atoms with Crippen LogP contribution >= 0.6 is 23.4 Å². The summed E-state index contributed by atoms with van der Waals surface area (Å²) in [6.45, 7) is -0.0388. The Morgan fingerprint density at radius 2 is 2.35 bits per heavy atom. The zero-order chi connectivity index (χ0) is 14.1. The van der Waals surface area contributed by atoms with Crippen molar-refractivity contribution in [2.75, 3.05) is 28.9 Å². The molecule has 0 aromatic heterocycles. The molecule has 1 atom stereocenters. The van der Waals surface area contributed by atoms with Crippen molar-refractivity contribution in [1.29, 1.82) is 0 Å². The SMILES string of the molecule is O=C1COc2cc(NC(=O)C3CSCN3)c(Cl)cc2N1. The summed E-state index contributed by atoms with van der Waals surface area (Å²) in [6, 6.07) is 2.98. The number of hydrogen-bond acceptors (Lipinski definition) is 5. The molecule has 0 saturated carbocycles. The van der Waals surface area contributed by atoms with Crippen molar-refractivity contribution in [1.82, 2.24) is 5.32 Å². The second kappa shape index (κ2) is 5.51. The normalized spacial score (nSPS) is 20.9. The Morgan fingerprint density at radius 3 is 3.10 bits per heavy atom. The van der Waals surface area contributed by atoms with E-state index in [1.54, 1.807) is 23.9 Å². The van der Waals surface area contributed by atoms with Crippen LogP contribution in [0.4, 0.5) is 11.4 Å². The summed E-state index contributed by atoms with van der Waals surface area (Å²) < 4.78 is 5.30. The molecule has 2 heterocycles.